The predicted octanol–water partition coefficient (Wildman–Crippen LogP) is 2.50. The monoisotopic (exact) mass is 403 g/mol. The van der Waals surface area contributed by atoms with E-state index >= 15 is 0 Å². The summed E-state index contributed by atoms with van der Waals surface area (Å²) in [7, 11) is -1.90. The average Bonchev–Trinajstić information content (AvgIpc) is 3.21. The van der Waals surface area contributed by atoms with Crippen LogP contribution in [0.15, 0.2) is 47.4 Å². The van der Waals surface area contributed by atoms with Crippen LogP contribution in [0.3, 0.4) is 0 Å². The highest BCUT2D eigenvalue weighted by atomic mass is 32.2. The van der Waals surface area contributed by atoms with Gasteiger partial charge in [0.25, 0.3) is 5.91 Å². The molecule has 1 saturated heterocycles. The first-order valence-corrected chi connectivity index (χ1v) is 10.6. The van der Waals surface area contributed by atoms with Gasteiger partial charge in [0.05, 0.1) is 17.3 Å². The molecule has 0 atom stereocenters. The van der Waals surface area contributed by atoms with Crippen molar-refractivity contribution in [1.82, 2.24) is 4.90 Å². The molecule has 0 spiro atoms. The summed E-state index contributed by atoms with van der Waals surface area (Å²) in [6.45, 7) is 0.947. The smallest absolute Gasteiger partial charge is 0.253 e. The van der Waals surface area contributed by atoms with Crippen molar-refractivity contribution in [3.8, 4) is 17.2 Å². The molecule has 0 bridgehead atoms. The Labute approximate surface area is 163 Å². The molecule has 2 aliphatic heterocycles. The zero-order valence-electron chi connectivity index (χ0n) is 15.5. The molecule has 4 rings (SSSR count). The van der Waals surface area contributed by atoms with E-state index in [0.29, 0.717) is 48.7 Å². The third-order valence-corrected chi connectivity index (χ3v) is 7.45. The maximum Gasteiger partial charge on any atom is 0.253 e. The van der Waals surface area contributed by atoms with Crippen molar-refractivity contribution < 1.29 is 27.4 Å². The number of piperidine rings is 1. The van der Waals surface area contributed by atoms with Gasteiger partial charge in [-0.15, -0.1) is 0 Å². The normalized spacial score (nSPS) is 16.8. The van der Waals surface area contributed by atoms with Crippen molar-refractivity contribution in [1.29, 1.82) is 0 Å². The lowest BCUT2D eigenvalue weighted by molar-refractivity contribution is 0.0725. The first-order chi connectivity index (χ1) is 13.5. The molecular formula is C20H21NO6S. The Balaban J connectivity index is 1.43. The maximum absolute atomic E-state index is 12.9. The van der Waals surface area contributed by atoms with Gasteiger partial charge in [0.2, 0.25) is 6.79 Å². The minimum Gasteiger partial charge on any atom is -0.497 e. The van der Waals surface area contributed by atoms with E-state index in [-0.39, 0.29) is 17.6 Å². The summed E-state index contributed by atoms with van der Waals surface area (Å²) >= 11 is 0. The number of sulfone groups is 1. The van der Waals surface area contributed by atoms with Crippen LogP contribution < -0.4 is 14.2 Å². The summed E-state index contributed by atoms with van der Waals surface area (Å²) < 4.78 is 41.4. The van der Waals surface area contributed by atoms with E-state index in [0.717, 1.165) is 0 Å². The van der Waals surface area contributed by atoms with Crippen LogP contribution in [0, 0.1) is 0 Å². The molecule has 148 valence electrons. The molecule has 0 saturated carbocycles. The molecule has 2 aromatic rings. The second-order valence-electron chi connectivity index (χ2n) is 6.78. The highest BCUT2D eigenvalue weighted by Gasteiger charge is 2.33. The topological polar surface area (TPSA) is 82.1 Å². The Kier molecular flexibility index (Phi) is 4.89. The molecule has 28 heavy (non-hydrogen) atoms. The molecule has 1 fully saturated rings. The van der Waals surface area contributed by atoms with Crippen LogP contribution in [-0.4, -0.2) is 51.5 Å². The van der Waals surface area contributed by atoms with Gasteiger partial charge in [0, 0.05) is 18.7 Å². The van der Waals surface area contributed by atoms with Gasteiger partial charge in [-0.3, -0.25) is 4.79 Å². The highest BCUT2D eigenvalue weighted by molar-refractivity contribution is 7.92. The van der Waals surface area contributed by atoms with Crippen LogP contribution in [0.1, 0.15) is 23.2 Å². The van der Waals surface area contributed by atoms with Gasteiger partial charge in [0.1, 0.15) is 5.75 Å². The fraction of sp³-hybridized carbons (Fsp3) is 0.350. The van der Waals surface area contributed by atoms with E-state index in [4.69, 9.17) is 14.2 Å². The van der Waals surface area contributed by atoms with Gasteiger partial charge >= 0.3 is 0 Å². The summed E-state index contributed by atoms with van der Waals surface area (Å²) in [6.07, 6.45) is 0.815. The number of benzene rings is 2. The summed E-state index contributed by atoms with van der Waals surface area (Å²) in [5.74, 6) is 1.67. The van der Waals surface area contributed by atoms with E-state index in [1.165, 1.54) is 7.11 Å². The Morgan fingerprint density at radius 3 is 2.39 bits per heavy atom. The second kappa shape index (κ2) is 7.35. The van der Waals surface area contributed by atoms with Crippen LogP contribution in [0.2, 0.25) is 0 Å². The number of hydrogen-bond donors (Lipinski definition) is 0. The van der Waals surface area contributed by atoms with Crippen molar-refractivity contribution in [2.24, 2.45) is 0 Å². The molecule has 0 unspecified atom stereocenters. The SMILES string of the molecule is COc1ccc(S(=O)(=O)C2CCN(C(=O)c3ccc4c(c3)OCO4)CC2)cc1. The lowest BCUT2D eigenvalue weighted by atomic mass is 10.1. The lowest BCUT2D eigenvalue weighted by Gasteiger charge is -2.31. The molecule has 0 aromatic heterocycles. The third-order valence-electron chi connectivity index (χ3n) is 5.18. The number of nitrogens with zero attached hydrogens (tertiary/aromatic N) is 1. The van der Waals surface area contributed by atoms with Crippen molar-refractivity contribution in [3.63, 3.8) is 0 Å². The van der Waals surface area contributed by atoms with Gasteiger partial charge in [0.15, 0.2) is 21.3 Å². The standard InChI is InChI=1S/C20H21NO6S/c1-25-15-3-5-16(6-4-15)28(23,24)17-8-10-21(11-9-17)20(22)14-2-7-18-19(12-14)27-13-26-18/h2-7,12,17H,8-11,13H2,1H3. The number of ether oxygens (including phenoxy) is 3. The molecule has 0 N–H and O–H groups in total. The lowest BCUT2D eigenvalue weighted by Crippen LogP contribution is -2.42. The first-order valence-electron chi connectivity index (χ1n) is 9.06. The molecule has 1 amide bonds. The fourth-order valence-electron chi connectivity index (χ4n) is 3.54. The van der Waals surface area contributed by atoms with Crippen molar-refractivity contribution >= 4 is 15.7 Å². The molecule has 2 aromatic carbocycles. The highest BCUT2D eigenvalue weighted by Crippen LogP contribution is 2.33. The molecule has 2 aliphatic rings. The molecule has 0 radical (unpaired) electrons. The fourth-order valence-corrected chi connectivity index (χ4v) is 5.27. The summed E-state index contributed by atoms with van der Waals surface area (Å²) in [5.41, 5.74) is 0.515. The first kappa shape index (κ1) is 18.6. The maximum atomic E-state index is 12.9. The molecule has 2 heterocycles. The predicted molar refractivity (Wildman–Crippen MR) is 102 cm³/mol. The van der Waals surface area contributed by atoms with Gasteiger partial charge in [-0.1, -0.05) is 0 Å². The number of hydrogen-bond acceptors (Lipinski definition) is 6. The Bertz CT molecular complexity index is 978. The van der Waals surface area contributed by atoms with Crippen molar-refractivity contribution in [3.05, 3.63) is 48.0 Å². The van der Waals surface area contributed by atoms with Crippen LogP contribution >= 0.6 is 0 Å². The largest absolute Gasteiger partial charge is 0.497 e. The minimum atomic E-state index is -3.44. The molecule has 7 nitrogen and oxygen atoms in total. The Morgan fingerprint density at radius 2 is 1.71 bits per heavy atom. The third kappa shape index (κ3) is 3.40. The Hall–Kier alpha value is -2.74. The van der Waals surface area contributed by atoms with E-state index < -0.39 is 15.1 Å². The van der Waals surface area contributed by atoms with Gasteiger partial charge < -0.3 is 19.1 Å². The Morgan fingerprint density at radius 1 is 1.04 bits per heavy atom. The second-order valence-corrected chi connectivity index (χ2v) is 9.01. The van der Waals surface area contributed by atoms with Gasteiger partial charge in [-0.2, -0.15) is 0 Å². The summed E-state index contributed by atoms with van der Waals surface area (Å²) in [5, 5.41) is -0.498. The molecule has 8 heteroatoms. The summed E-state index contributed by atoms with van der Waals surface area (Å²) in [4.78, 5) is 14.7. The number of carbonyl (C=O) groups excluding carboxylic acids is 1. The number of rotatable bonds is 4. The average molecular weight is 403 g/mol. The van der Waals surface area contributed by atoms with E-state index in [1.54, 1.807) is 47.4 Å². The van der Waals surface area contributed by atoms with Crippen LogP contribution in [0.5, 0.6) is 17.2 Å². The minimum absolute atomic E-state index is 0.126. The summed E-state index contributed by atoms with van der Waals surface area (Å²) in [6, 6.07) is 11.5. The quantitative estimate of drug-likeness (QED) is 0.780. The zero-order valence-corrected chi connectivity index (χ0v) is 16.3. The molecule has 0 aliphatic carbocycles. The van der Waals surface area contributed by atoms with E-state index in [1.807, 2.05) is 0 Å². The van der Waals surface area contributed by atoms with Crippen molar-refractivity contribution in [2.75, 3.05) is 27.0 Å². The van der Waals surface area contributed by atoms with Crippen LogP contribution in [0.25, 0.3) is 0 Å². The van der Waals surface area contributed by atoms with Crippen LogP contribution in [0.4, 0.5) is 0 Å². The van der Waals surface area contributed by atoms with E-state index in [9.17, 15) is 13.2 Å². The van der Waals surface area contributed by atoms with Gasteiger partial charge in [-0.25, -0.2) is 8.42 Å². The number of carbonyl (C=O) groups is 1. The molecular weight excluding hydrogens is 382 g/mol. The zero-order chi connectivity index (χ0) is 19.7. The number of methoxy groups -OCH3 is 1. The number of fused-ring (bicyclic) bond motifs is 1. The number of likely N-dealkylation sites (tertiary alicyclic amines) is 1. The van der Waals surface area contributed by atoms with Crippen LogP contribution in [-0.2, 0) is 9.84 Å². The van der Waals surface area contributed by atoms with Gasteiger partial charge in [-0.05, 0) is 55.3 Å². The number of amides is 1. The van der Waals surface area contributed by atoms with Crippen molar-refractivity contribution in [2.45, 2.75) is 23.0 Å². The van der Waals surface area contributed by atoms with E-state index in [2.05, 4.69) is 0 Å².